The van der Waals surface area contributed by atoms with E-state index in [1.165, 1.54) is 0 Å². The van der Waals surface area contributed by atoms with Crippen molar-refractivity contribution in [1.82, 2.24) is 9.55 Å². The van der Waals surface area contributed by atoms with E-state index in [1.54, 1.807) is 22.9 Å². The third kappa shape index (κ3) is 1.98. The van der Waals surface area contributed by atoms with Gasteiger partial charge in [0.05, 0.1) is 11.6 Å². The maximum Gasteiger partial charge on any atom is 0.185 e. The number of aldehydes is 1. The fraction of sp³-hybridized carbons (Fsp3) is 0.0833. The summed E-state index contributed by atoms with van der Waals surface area (Å²) in [5.41, 5.74) is 1.63. The van der Waals surface area contributed by atoms with Gasteiger partial charge < -0.3 is 4.57 Å². The fourth-order valence-electron chi connectivity index (χ4n) is 1.40. The van der Waals surface area contributed by atoms with Crippen molar-refractivity contribution < 1.29 is 4.79 Å². The van der Waals surface area contributed by atoms with Crippen LogP contribution >= 0.6 is 0 Å². The molecule has 77 valence electrons. The Balaban J connectivity index is 2.21. The monoisotopic (exact) mass is 210 g/mol. The lowest BCUT2D eigenvalue weighted by Crippen LogP contribution is -2.03. The Bertz CT molecular complexity index is 534. The highest BCUT2D eigenvalue weighted by atomic mass is 16.1. The van der Waals surface area contributed by atoms with Crippen molar-refractivity contribution in [2.24, 2.45) is 0 Å². The number of nitrogens with zero attached hydrogens (tertiary/aromatic N) is 3. The number of imidazole rings is 1. The van der Waals surface area contributed by atoms with Gasteiger partial charge in [-0.05, 0) is 17.7 Å². The molecule has 1 aromatic heterocycles. The number of aromatic nitrogens is 2. The lowest BCUT2D eigenvalue weighted by molar-refractivity contribution is 0.111. The van der Waals surface area contributed by atoms with Crippen molar-refractivity contribution in [2.75, 3.05) is 0 Å². The molecule has 16 heavy (non-hydrogen) atoms. The summed E-state index contributed by atoms with van der Waals surface area (Å²) in [7, 11) is 0. The van der Waals surface area contributed by atoms with Crippen molar-refractivity contribution >= 4 is 6.29 Å². The summed E-state index contributed by atoms with van der Waals surface area (Å²) in [5.74, 6) is 0.351. The minimum absolute atomic E-state index is 0.351. The number of hydrogen-bond donors (Lipinski definition) is 0. The van der Waals surface area contributed by atoms with Crippen molar-refractivity contribution in [2.45, 2.75) is 6.54 Å². The van der Waals surface area contributed by atoms with Gasteiger partial charge in [0.1, 0.15) is 6.20 Å². The Hall–Kier alpha value is -2.41. The second-order valence-electron chi connectivity index (χ2n) is 3.28. The van der Waals surface area contributed by atoms with Gasteiger partial charge >= 0.3 is 0 Å². The summed E-state index contributed by atoms with van der Waals surface area (Å²) in [4.78, 5) is 14.4. The summed E-state index contributed by atoms with van der Waals surface area (Å²) < 4.78 is 1.70. The van der Waals surface area contributed by atoms with E-state index < -0.39 is 0 Å². The van der Waals surface area contributed by atoms with E-state index in [0.717, 1.165) is 5.56 Å². The average molecular weight is 210 g/mol. The van der Waals surface area contributed by atoms with Gasteiger partial charge in [0.15, 0.2) is 12.1 Å². The molecule has 0 atom stereocenters. The van der Waals surface area contributed by atoms with E-state index in [0.29, 0.717) is 24.2 Å². The number of rotatable bonds is 3. The van der Waals surface area contributed by atoms with Crippen LogP contribution in [0.2, 0.25) is 0 Å². The van der Waals surface area contributed by atoms with E-state index >= 15 is 0 Å². The molecule has 0 unspecified atom stereocenters. The molecular formula is C12H8N3O. The molecule has 0 bridgehead atoms. The summed E-state index contributed by atoms with van der Waals surface area (Å²) in [6.07, 6.45) is 4.94. The van der Waals surface area contributed by atoms with Crippen molar-refractivity contribution in [3.05, 3.63) is 53.6 Å². The highest BCUT2D eigenvalue weighted by Crippen LogP contribution is 2.06. The molecule has 0 aliphatic rings. The highest BCUT2D eigenvalue weighted by molar-refractivity contribution is 5.69. The van der Waals surface area contributed by atoms with Crippen LogP contribution in [0.15, 0.2) is 30.5 Å². The Morgan fingerprint density at radius 1 is 1.44 bits per heavy atom. The number of benzene rings is 1. The number of hydrogen-bond acceptors (Lipinski definition) is 3. The molecule has 2 rings (SSSR count). The van der Waals surface area contributed by atoms with Gasteiger partial charge in [0.2, 0.25) is 0 Å². The van der Waals surface area contributed by atoms with E-state index in [9.17, 15) is 4.79 Å². The van der Waals surface area contributed by atoms with Crippen LogP contribution in [0.5, 0.6) is 0 Å². The topological polar surface area (TPSA) is 58.7 Å². The molecule has 4 nitrogen and oxygen atoms in total. The van der Waals surface area contributed by atoms with Gasteiger partial charge in [-0.1, -0.05) is 12.1 Å². The molecule has 2 aromatic rings. The third-order valence-electron chi connectivity index (χ3n) is 2.23. The molecule has 0 spiro atoms. The summed E-state index contributed by atoms with van der Waals surface area (Å²) in [5, 5.41) is 8.65. The van der Waals surface area contributed by atoms with Crippen molar-refractivity contribution in [1.29, 1.82) is 5.26 Å². The highest BCUT2D eigenvalue weighted by Gasteiger charge is 2.02. The molecule has 0 aliphatic carbocycles. The molecule has 0 saturated carbocycles. The molecule has 0 aliphatic heterocycles. The third-order valence-corrected chi connectivity index (χ3v) is 2.23. The van der Waals surface area contributed by atoms with Gasteiger partial charge in [0, 0.05) is 12.7 Å². The lowest BCUT2D eigenvalue weighted by atomic mass is 10.1. The van der Waals surface area contributed by atoms with Crippen LogP contribution in [-0.2, 0) is 6.54 Å². The second-order valence-corrected chi connectivity index (χ2v) is 3.28. The van der Waals surface area contributed by atoms with E-state index in [4.69, 9.17) is 5.26 Å². The fourth-order valence-corrected chi connectivity index (χ4v) is 1.40. The molecule has 0 N–H and O–H groups in total. The molecular weight excluding hydrogens is 202 g/mol. The minimum atomic E-state index is 0.351. The van der Waals surface area contributed by atoms with Crippen LogP contribution in [0.3, 0.4) is 0 Å². The Labute approximate surface area is 92.8 Å². The lowest BCUT2D eigenvalue weighted by Gasteiger charge is -2.03. The van der Waals surface area contributed by atoms with E-state index in [-0.39, 0.29) is 0 Å². The second kappa shape index (κ2) is 4.41. The minimum Gasteiger partial charge on any atom is -0.324 e. The van der Waals surface area contributed by atoms with Gasteiger partial charge in [-0.2, -0.15) is 5.26 Å². The van der Waals surface area contributed by atoms with Gasteiger partial charge in [0.25, 0.3) is 0 Å². The van der Waals surface area contributed by atoms with Gasteiger partial charge in [-0.3, -0.25) is 4.79 Å². The maximum atomic E-state index is 10.6. The molecule has 0 fully saturated rings. The summed E-state index contributed by atoms with van der Waals surface area (Å²) in [6.45, 7) is 0.552. The first-order valence-electron chi connectivity index (χ1n) is 4.71. The Morgan fingerprint density at radius 2 is 2.19 bits per heavy atom. The van der Waals surface area contributed by atoms with Crippen LogP contribution in [0.4, 0.5) is 0 Å². The first-order chi connectivity index (χ1) is 7.83. The molecule has 4 heteroatoms. The smallest absolute Gasteiger partial charge is 0.185 e. The van der Waals surface area contributed by atoms with Gasteiger partial charge in [-0.25, -0.2) is 4.98 Å². The standard InChI is InChI=1S/C12H8N3O/c13-7-10-1-3-11(4-2-10)8-15-6-5-14-12(15)9-16/h1-4,6,9H,8H2. The van der Waals surface area contributed by atoms with Crippen LogP contribution in [0.1, 0.15) is 21.7 Å². The van der Waals surface area contributed by atoms with Crippen LogP contribution < -0.4 is 0 Å². The number of nitriles is 1. The molecule has 1 aromatic carbocycles. The predicted octanol–water partition coefficient (Wildman–Crippen LogP) is 1.42. The van der Waals surface area contributed by atoms with Crippen molar-refractivity contribution in [3.63, 3.8) is 0 Å². The van der Waals surface area contributed by atoms with Crippen molar-refractivity contribution in [3.8, 4) is 6.07 Å². The number of carbonyl (C=O) groups is 1. The van der Waals surface area contributed by atoms with Crippen LogP contribution in [0, 0.1) is 17.5 Å². The molecule has 1 radical (unpaired) electrons. The van der Waals surface area contributed by atoms with Crippen LogP contribution in [0.25, 0.3) is 0 Å². The van der Waals surface area contributed by atoms with E-state index in [2.05, 4.69) is 17.3 Å². The van der Waals surface area contributed by atoms with Gasteiger partial charge in [-0.15, -0.1) is 0 Å². The Morgan fingerprint density at radius 3 is 2.81 bits per heavy atom. The maximum absolute atomic E-state index is 10.6. The average Bonchev–Trinajstić information content (AvgIpc) is 2.77. The SMILES string of the molecule is N#Cc1ccc(Cn2c[c]nc2C=O)cc1. The summed E-state index contributed by atoms with van der Waals surface area (Å²) in [6, 6.07) is 9.26. The zero-order chi connectivity index (χ0) is 11.4. The molecule has 0 amide bonds. The molecule has 0 saturated heterocycles. The summed E-state index contributed by atoms with van der Waals surface area (Å²) >= 11 is 0. The Kier molecular flexibility index (Phi) is 2.79. The quantitative estimate of drug-likeness (QED) is 0.720. The first-order valence-corrected chi connectivity index (χ1v) is 4.71. The normalized spacial score (nSPS) is 9.69. The molecule has 1 heterocycles. The van der Waals surface area contributed by atoms with E-state index in [1.807, 2.05) is 12.1 Å². The zero-order valence-electron chi connectivity index (χ0n) is 8.42. The van der Waals surface area contributed by atoms with Crippen LogP contribution in [-0.4, -0.2) is 15.8 Å². The largest absolute Gasteiger partial charge is 0.324 e. The zero-order valence-corrected chi connectivity index (χ0v) is 8.42. The number of carbonyl (C=O) groups excluding carboxylic acids is 1. The first kappa shape index (κ1) is 10.1. The predicted molar refractivity (Wildman–Crippen MR) is 56.7 cm³/mol.